The van der Waals surface area contributed by atoms with Crippen LogP contribution in [0.3, 0.4) is 0 Å². The molecule has 0 aliphatic rings. The summed E-state index contributed by atoms with van der Waals surface area (Å²) in [5.41, 5.74) is 1.01. The zero-order valence-corrected chi connectivity index (χ0v) is 13.1. The molecule has 2 rings (SSSR count). The number of halogens is 2. The van der Waals surface area contributed by atoms with E-state index in [0.717, 1.165) is 20.3 Å². The Hall–Kier alpha value is -0.680. The summed E-state index contributed by atoms with van der Waals surface area (Å²) < 4.78 is 4.11. The first kappa shape index (κ1) is 12.8. The van der Waals surface area contributed by atoms with E-state index in [1.165, 1.54) is 0 Å². The van der Waals surface area contributed by atoms with Gasteiger partial charge in [0.2, 0.25) is 0 Å². The van der Waals surface area contributed by atoms with Gasteiger partial charge in [0.1, 0.15) is 6.33 Å². The van der Waals surface area contributed by atoms with Crippen molar-refractivity contribution >= 4 is 31.9 Å². The molecule has 0 N–H and O–H groups in total. The zero-order valence-electron chi connectivity index (χ0n) is 9.91. The summed E-state index contributed by atoms with van der Waals surface area (Å²) in [5, 5.41) is 8.21. The highest BCUT2D eigenvalue weighted by Gasteiger charge is 2.19. The third-order valence-electron chi connectivity index (χ3n) is 2.39. The molecular weight excluding hydrogens is 346 g/mol. The van der Waals surface area contributed by atoms with Gasteiger partial charge in [-0.25, -0.2) is 0 Å². The number of nitrogens with zero attached hydrogens (tertiary/aromatic N) is 3. The number of hydrogen-bond acceptors (Lipinski definition) is 2. The van der Waals surface area contributed by atoms with Crippen LogP contribution in [0.5, 0.6) is 0 Å². The van der Waals surface area contributed by atoms with Crippen molar-refractivity contribution in [3.05, 3.63) is 33.5 Å². The first-order valence-electron chi connectivity index (χ1n) is 5.25. The summed E-state index contributed by atoms with van der Waals surface area (Å²) in [7, 11) is 0. The summed E-state index contributed by atoms with van der Waals surface area (Å²) in [6, 6.07) is 6.08. The van der Waals surface area contributed by atoms with Crippen molar-refractivity contribution in [3.63, 3.8) is 0 Å². The predicted molar refractivity (Wildman–Crippen MR) is 75.9 cm³/mol. The van der Waals surface area contributed by atoms with Gasteiger partial charge in [0.15, 0.2) is 5.82 Å². The van der Waals surface area contributed by atoms with Crippen LogP contribution in [0.1, 0.15) is 20.8 Å². The third kappa shape index (κ3) is 2.77. The summed E-state index contributed by atoms with van der Waals surface area (Å²) in [6.45, 7) is 6.40. The molecule has 0 saturated carbocycles. The lowest BCUT2D eigenvalue weighted by Crippen LogP contribution is -2.21. The largest absolute Gasteiger partial charge is 0.308 e. The van der Waals surface area contributed by atoms with Crippen LogP contribution in [0, 0.1) is 0 Å². The van der Waals surface area contributed by atoms with Gasteiger partial charge in [-0.1, -0.05) is 31.9 Å². The Morgan fingerprint density at radius 1 is 1.06 bits per heavy atom. The van der Waals surface area contributed by atoms with E-state index in [1.807, 2.05) is 18.2 Å². The van der Waals surface area contributed by atoms with Crippen LogP contribution < -0.4 is 0 Å². The van der Waals surface area contributed by atoms with Gasteiger partial charge in [-0.3, -0.25) is 0 Å². The van der Waals surface area contributed by atoms with Gasteiger partial charge < -0.3 is 4.57 Å². The molecule has 0 fully saturated rings. The second-order valence-electron chi connectivity index (χ2n) is 4.85. The molecule has 0 amide bonds. The van der Waals surface area contributed by atoms with Crippen LogP contribution in [-0.2, 0) is 5.54 Å². The zero-order chi connectivity index (χ0) is 12.6. The minimum atomic E-state index is -0.0341. The van der Waals surface area contributed by atoms with Crippen molar-refractivity contribution in [2.24, 2.45) is 0 Å². The van der Waals surface area contributed by atoms with E-state index in [1.54, 1.807) is 6.33 Å². The molecule has 0 radical (unpaired) electrons. The summed E-state index contributed by atoms with van der Waals surface area (Å²) in [4.78, 5) is 0. The minimum Gasteiger partial charge on any atom is -0.308 e. The SMILES string of the molecule is CC(C)(C)n1cnnc1-c1cc(Br)cc(Br)c1. The Labute approximate surface area is 118 Å². The molecule has 0 spiro atoms. The number of hydrogen-bond donors (Lipinski definition) is 0. The van der Waals surface area contributed by atoms with Crippen LogP contribution in [0.25, 0.3) is 11.4 Å². The monoisotopic (exact) mass is 357 g/mol. The fourth-order valence-electron chi connectivity index (χ4n) is 1.61. The lowest BCUT2D eigenvalue weighted by molar-refractivity contribution is 0.400. The molecule has 1 heterocycles. The quantitative estimate of drug-likeness (QED) is 0.763. The smallest absolute Gasteiger partial charge is 0.164 e. The Morgan fingerprint density at radius 2 is 1.65 bits per heavy atom. The Bertz CT molecular complexity index is 521. The summed E-state index contributed by atoms with van der Waals surface area (Å²) in [5.74, 6) is 0.875. The van der Waals surface area contributed by atoms with Crippen molar-refractivity contribution in [2.45, 2.75) is 26.3 Å². The van der Waals surface area contributed by atoms with E-state index in [0.29, 0.717) is 0 Å². The van der Waals surface area contributed by atoms with Gasteiger partial charge in [0.25, 0.3) is 0 Å². The normalized spacial score (nSPS) is 11.8. The minimum absolute atomic E-state index is 0.0341. The summed E-state index contributed by atoms with van der Waals surface area (Å²) >= 11 is 6.97. The topological polar surface area (TPSA) is 30.7 Å². The van der Waals surface area contributed by atoms with Gasteiger partial charge >= 0.3 is 0 Å². The Balaban J connectivity index is 2.57. The number of aromatic nitrogens is 3. The lowest BCUT2D eigenvalue weighted by Gasteiger charge is -2.22. The molecule has 17 heavy (non-hydrogen) atoms. The Morgan fingerprint density at radius 3 is 2.18 bits per heavy atom. The molecule has 0 bridgehead atoms. The van der Waals surface area contributed by atoms with Crippen molar-refractivity contribution in [1.29, 1.82) is 0 Å². The second kappa shape index (κ2) is 4.53. The molecule has 0 aliphatic carbocycles. The van der Waals surface area contributed by atoms with E-state index in [2.05, 4.69) is 67.4 Å². The standard InChI is InChI=1S/C12H13Br2N3/c1-12(2,3)17-7-15-16-11(17)8-4-9(13)6-10(14)5-8/h4-7H,1-3H3. The molecule has 1 aromatic heterocycles. The summed E-state index contributed by atoms with van der Waals surface area (Å²) in [6.07, 6.45) is 1.77. The molecule has 1 aromatic carbocycles. The molecule has 0 atom stereocenters. The van der Waals surface area contributed by atoms with Crippen molar-refractivity contribution in [1.82, 2.24) is 14.8 Å². The van der Waals surface area contributed by atoms with Crippen molar-refractivity contribution in [2.75, 3.05) is 0 Å². The maximum Gasteiger partial charge on any atom is 0.164 e. The van der Waals surface area contributed by atoms with Gasteiger partial charge in [-0.2, -0.15) is 0 Å². The fourth-order valence-corrected chi connectivity index (χ4v) is 2.90. The van der Waals surface area contributed by atoms with Gasteiger partial charge in [0.05, 0.1) is 0 Å². The highest BCUT2D eigenvalue weighted by atomic mass is 79.9. The van der Waals surface area contributed by atoms with Crippen molar-refractivity contribution in [3.8, 4) is 11.4 Å². The third-order valence-corrected chi connectivity index (χ3v) is 3.31. The van der Waals surface area contributed by atoms with Gasteiger partial charge in [-0.05, 0) is 39.0 Å². The van der Waals surface area contributed by atoms with Crippen molar-refractivity contribution < 1.29 is 0 Å². The van der Waals surface area contributed by atoms with Crippen LogP contribution in [0.15, 0.2) is 33.5 Å². The van der Waals surface area contributed by atoms with Gasteiger partial charge in [-0.15, -0.1) is 10.2 Å². The predicted octanol–water partition coefficient (Wildman–Crippen LogP) is 4.23. The van der Waals surface area contributed by atoms with E-state index < -0.39 is 0 Å². The molecule has 0 unspecified atom stereocenters. The van der Waals surface area contributed by atoms with Crippen LogP contribution >= 0.6 is 31.9 Å². The molecule has 90 valence electrons. The lowest BCUT2D eigenvalue weighted by atomic mass is 10.1. The highest BCUT2D eigenvalue weighted by molar-refractivity contribution is 9.11. The van der Waals surface area contributed by atoms with Crippen LogP contribution in [0.2, 0.25) is 0 Å². The average Bonchev–Trinajstić information content (AvgIpc) is 2.63. The number of benzene rings is 1. The fraction of sp³-hybridized carbons (Fsp3) is 0.333. The van der Waals surface area contributed by atoms with E-state index in [9.17, 15) is 0 Å². The maximum absolute atomic E-state index is 4.21. The maximum atomic E-state index is 4.21. The molecular formula is C12H13Br2N3. The van der Waals surface area contributed by atoms with Crippen LogP contribution in [0.4, 0.5) is 0 Å². The van der Waals surface area contributed by atoms with Crippen LogP contribution in [-0.4, -0.2) is 14.8 Å². The second-order valence-corrected chi connectivity index (χ2v) is 6.68. The highest BCUT2D eigenvalue weighted by Crippen LogP contribution is 2.29. The Kier molecular flexibility index (Phi) is 3.41. The van der Waals surface area contributed by atoms with Gasteiger partial charge in [0, 0.05) is 20.0 Å². The molecule has 2 aromatic rings. The molecule has 3 nitrogen and oxygen atoms in total. The first-order chi connectivity index (χ1) is 7.88. The van der Waals surface area contributed by atoms with E-state index >= 15 is 0 Å². The molecule has 0 aliphatic heterocycles. The molecule has 0 saturated heterocycles. The van der Waals surface area contributed by atoms with E-state index in [-0.39, 0.29) is 5.54 Å². The first-order valence-corrected chi connectivity index (χ1v) is 6.83. The number of rotatable bonds is 1. The van der Waals surface area contributed by atoms with E-state index in [4.69, 9.17) is 0 Å². The average molecular weight is 359 g/mol. The molecule has 5 heteroatoms.